The van der Waals surface area contributed by atoms with Crippen LogP contribution < -0.4 is 4.72 Å². The van der Waals surface area contributed by atoms with Crippen LogP contribution in [0, 0.1) is 6.92 Å². The molecule has 2 aromatic carbocycles. The van der Waals surface area contributed by atoms with E-state index in [9.17, 15) is 16.8 Å². The topological polar surface area (TPSA) is 83.6 Å². The van der Waals surface area contributed by atoms with Gasteiger partial charge in [0.05, 0.1) is 11.2 Å². The van der Waals surface area contributed by atoms with Crippen molar-refractivity contribution < 1.29 is 16.8 Å². The van der Waals surface area contributed by atoms with E-state index < -0.39 is 20.0 Å². The Morgan fingerprint density at radius 3 is 2.46 bits per heavy atom. The van der Waals surface area contributed by atoms with Crippen molar-refractivity contribution in [2.45, 2.75) is 24.8 Å². The maximum atomic E-state index is 12.7. The zero-order chi connectivity index (χ0) is 19.1. The molecule has 0 aromatic heterocycles. The third-order valence-electron chi connectivity index (χ3n) is 4.34. The van der Waals surface area contributed by atoms with E-state index in [0.717, 1.165) is 11.1 Å². The van der Waals surface area contributed by atoms with Crippen LogP contribution in [-0.4, -0.2) is 33.9 Å². The van der Waals surface area contributed by atoms with Crippen molar-refractivity contribution in [3.8, 4) is 0 Å². The van der Waals surface area contributed by atoms with E-state index >= 15 is 0 Å². The summed E-state index contributed by atoms with van der Waals surface area (Å²) >= 11 is 5.92. The summed E-state index contributed by atoms with van der Waals surface area (Å²) < 4.78 is 52.8. The van der Waals surface area contributed by atoms with E-state index in [-0.39, 0.29) is 11.4 Å². The fourth-order valence-corrected chi connectivity index (χ4v) is 5.31. The Labute approximate surface area is 158 Å². The Morgan fingerprint density at radius 1 is 1.04 bits per heavy atom. The van der Waals surface area contributed by atoms with Gasteiger partial charge >= 0.3 is 0 Å². The lowest BCUT2D eigenvalue weighted by Crippen LogP contribution is -2.35. The summed E-state index contributed by atoms with van der Waals surface area (Å²) in [6.45, 7) is 2.36. The maximum absolute atomic E-state index is 12.7. The molecule has 6 nitrogen and oxygen atoms in total. The molecule has 140 valence electrons. The summed E-state index contributed by atoms with van der Waals surface area (Å²) in [5, 5.41) is 0.338. The number of nitrogens with one attached hydrogen (secondary N) is 1. The predicted molar refractivity (Wildman–Crippen MR) is 102 cm³/mol. The van der Waals surface area contributed by atoms with Crippen LogP contribution in [0.1, 0.15) is 16.7 Å². The fourth-order valence-electron chi connectivity index (χ4n) is 2.95. The molecule has 9 heteroatoms. The predicted octanol–water partition coefficient (Wildman–Crippen LogP) is 2.77. The van der Waals surface area contributed by atoms with Gasteiger partial charge in [-0.25, -0.2) is 16.8 Å². The maximum Gasteiger partial charge on any atom is 0.262 e. The van der Waals surface area contributed by atoms with Crippen LogP contribution in [0.4, 0.5) is 5.69 Å². The van der Waals surface area contributed by atoms with Gasteiger partial charge in [0, 0.05) is 23.8 Å². The number of rotatable bonds is 4. The molecule has 0 radical (unpaired) electrons. The number of benzene rings is 2. The van der Waals surface area contributed by atoms with Crippen LogP contribution in [0.2, 0.25) is 5.02 Å². The molecule has 1 aliphatic rings. The molecular weight excluding hydrogens is 396 g/mol. The Kier molecular flexibility index (Phi) is 5.04. The third kappa shape index (κ3) is 4.03. The zero-order valence-electron chi connectivity index (χ0n) is 14.4. The lowest BCUT2D eigenvalue weighted by Gasteiger charge is -2.27. The van der Waals surface area contributed by atoms with E-state index in [1.807, 2.05) is 6.07 Å². The minimum atomic E-state index is -3.80. The second kappa shape index (κ2) is 6.84. The highest BCUT2D eigenvalue weighted by molar-refractivity contribution is 7.92. The number of hydrogen-bond donors (Lipinski definition) is 1. The minimum Gasteiger partial charge on any atom is -0.280 e. The van der Waals surface area contributed by atoms with Gasteiger partial charge in [-0.1, -0.05) is 23.7 Å². The van der Waals surface area contributed by atoms with Crippen LogP contribution in [0.5, 0.6) is 0 Å². The lowest BCUT2D eigenvalue weighted by molar-refractivity contribution is 0.395. The number of nitrogens with zero attached hydrogens (tertiary/aromatic N) is 1. The molecular formula is C17H19ClN2O4S2. The summed E-state index contributed by atoms with van der Waals surface area (Å²) in [4.78, 5) is 0.112. The molecule has 0 amide bonds. The van der Waals surface area contributed by atoms with Gasteiger partial charge < -0.3 is 0 Å². The second-order valence-corrected chi connectivity index (χ2v) is 10.4. The number of anilines is 1. The Bertz CT molecular complexity index is 1070. The molecule has 0 bridgehead atoms. The van der Waals surface area contributed by atoms with Gasteiger partial charge in [0.15, 0.2) is 0 Å². The van der Waals surface area contributed by atoms with Gasteiger partial charge in [0.1, 0.15) is 0 Å². The van der Waals surface area contributed by atoms with Gasteiger partial charge in [0.25, 0.3) is 10.0 Å². The monoisotopic (exact) mass is 414 g/mol. The number of aryl methyl sites for hydroxylation is 1. The minimum absolute atomic E-state index is 0.112. The molecule has 0 atom stereocenters. The van der Waals surface area contributed by atoms with E-state index in [2.05, 4.69) is 4.72 Å². The second-order valence-electron chi connectivity index (χ2n) is 6.35. The summed E-state index contributed by atoms with van der Waals surface area (Å²) in [7, 11) is -7.09. The van der Waals surface area contributed by atoms with Crippen molar-refractivity contribution in [3.63, 3.8) is 0 Å². The normalized spacial score (nSPS) is 15.5. The Hall–Kier alpha value is -1.61. The average Bonchev–Trinajstić information content (AvgIpc) is 2.55. The van der Waals surface area contributed by atoms with Crippen molar-refractivity contribution in [1.29, 1.82) is 0 Å². The number of hydrogen-bond acceptors (Lipinski definition) is 4. The first kappa shape index (κ1) is 19.2. The standard InChI is InChI=1S/C17H19ClN2O4S2/c1-12-3-5-15(18)10-17(12)26(23,24)19-16-6-4-13-7-8-20(25(2,21)22)11-14(13)9-16/h3-6,9-10,19H,7-8,11H2,1-2H3. The highest BCUT2D eigenvalue weighted by Crippen LogP contribution is 2.27. The van der Waals surface area contributed by atoms with Gasteiger partial charge in [-0.2, -0.15) is 4.31 Å². The number of halogens is 1. The van der Waals surface area contributed by atoms with Crippen molar-refractivity contribution in [2.24, 2.45) is 0 Å². The lowest BCUT2D eigenvalue weighted by atomic mass is 10.0. The quantitative estimate of drug-likeness (QED) is 0.833. The molecule has 26 heavy (non-hydrogen) atoms. The van der Waals surface area contributed by atoms with Crippen LogP contribution >= 0.6 is 11.6 Å². The first-order valence-corrected chi connectivity index (χ1v) is 11.6. The Morgan fingerprint density at radius 2 is 1.77 bits per heavy atom. The first-order chi connectivity index (χ1) is 12.1. The molecule has 0 unspecified atom stereocenters. The smallest absolute Gasteiger partial charge is 0.262 e. The SMILES string of the molecule is Cc1ccc(Cl)cc1S(=O)(=O)Nc1ccc2c(c1)CN(S(C)(=O)=O)CC2. The van der Waals surface area contributed by atoms with Crippen molar-refractivity contribution in [3.05, 3.63) is 58.1 Å². The molecule has 1 aliphatic heterocycles. The van der Waals surface area contributed by atoms with Gasteiger partial charge in [-0.3, -0.25) is 4.72 Å². The van der Waals surface area contributed by atoms with E-state index in [1.165, 1.54) is 16.6 Å². The molecule has 1 N–H and O–H groups in total. The van der Waals surface area contributed by atoms with Crippen LogP contribution in [0.15, 0.2) is 41.3 Å². The van der Waals surface area contributed by atoms with Gasteiger partial charge in [-0.15, -0.1) is 0 Å². The number of sulfonamides is 2. The summed E-state index contributed by atoms with van der Waals surface area (Å²) in [5.41, 5.74) is 2.79. The molecule has 0 saturated heterocycles. The van der Waals surface area contributed by atoms with Crippen molar-refractivity contribution in [1.82, 2.24) is 4.31 Å². The van der Waals surface area contributed by atoms with Crippen molar-refractivity contribution >= 4 is 37.3 Å². The fraction of sp³-hybridized carbons (Fsp3) is 0.294. The Balaban J connectivity index is 1.91. The molecule has 0 spiro atoms. The van der Waals surface area contributed by atoms with Gasteiger partial charge in [-0.05, 0) is 54.3 Å². The molecule has 0 fully saturated rings. The average molecular weight is 415 g/mol. The highest BCUT2D eigenvalue weighted by atomic mass is 35.5. The summed E-state index contributed by atoms with van der Waals surface area (Å²) in [5.74, 6) is 0. The largest absolute Gasteiger partial charge is 0.280 e. The first-order valence-electron chi connectivity index (χ1n) is 7.92. The van der Waals surface area contributed by atoms with E-state index in [1.54, 1.807) is 31.2 Å². The summed E-state index contributed by atoms with van der Waals surface area (Å²) in [6.07, 6.45) is 1.77. The van der Waals surface area contributed by atoms with Crippen LogP contribution in [0.25, 0.3) is 0 Å². The van der Waals surface area contributed by atoms with Crippen LogP contribution in [0.3, 0.4) is 0 Å². The van der Waals surface area contributed by atoms with Gasteiger partial charge in [0.2, 0.25) is 10.0 Å². The molecule has 0 saturated carbocycles. The number of fused-ring (bicyclic) bond motifs is 1. The molecule has 0 aliphatic carbocycles. The third-order valence-corrected chi connectivity index (χ3v) is 7.35. The van der Waals surface area contributed by atoms with E-state index in [0.29, 0.717) is 29.2 Å². The summed E-state index contributed by atoms with van der Waals surface area (Å²) in [6, 6.07) is 9.89. The zero-order valence-corrected chi connectivity index (χ0v) is 16.7. The molecule has 2 aromatic rings. The molecule has 1 heterocycles. The molecule has 3 rings (SSSR count). The van der Waals surface area contributed by atoms with Crippen LogP contribution in [-0.2, 0) is 33.0 Å². The van der Waals surface area contributed by atoms with E-state index in [4.69, 9.17) is 11.6 Å². The highest BCUT2D eigenvalue weighted by Gasteiger charge is 2.24. The van der Waals surface area contributed by atoms with Crippen molar-refractivity contribution in [2.75, 3.05) is 17.5 Å².